The zero-order valence-corrected chi connectivity index (χ0v) is 13.5. The standard InChI is InChI=1S/C15H34N2O/c1-8-13(9-2)15(17(5)6)10-16-14(11-18-7)12(3)4/h12-16H,8-11H2,1-7H3. The van der Waals surface area contributed by atoms with Crippen LogP contribution in [0.25, 0.3) is 0 Å². The van der Waals surface area contributed by atoms with Crippen molar-refractivity contribution in [1.29, 1.82) is 0 Å². The SMILES string of the molecule is CCC(CC)C(CNC(COC)C(C)C)N(C)C. The van der Waals surface area contributed by atoms with E-state index in [1.807, 2.05) is 0 Å². The Morgan fingerprint density at radius 3 is 2.00 bits per heavy atom. The van der Waals surface area contributed by atoms with Gasteiger partial charge in [0.25, 0.3) is 0 Å². The van der Waals surface area contributed by atoms with E-state index in [9.17, 15) is 0 Å². The minimum absolute atomic E-state index is 0.451. The molecule has 3 heteroatoms. The van der Waals surface area contributed by atoms with Crippen molar-refractivity contribution in [2.24, 2.45) is 11.8 Å². The molecule has 0 heterocycles. The topological polar surface area (TPSA) is 24.5 Å². The van der Waals surface area contributed by atoms with Gasteiger partial charge in [-0.05, 0) is 25.9 Å². The number of ether oxygens (including phenoxy) is 1. The molecule has 0 saturated carbocycles. The zero-order valence-electron chi connectivity index (χ0n) is 13.5. The fraction of sp³-hybridized carbons (Fsp3) is 1.00. The van der Waals surface area contributed by atoms with Crippen LogP contribution in [0, 0.1) is 11.8 Å². The Labute approximate surface area is 114 Å². The van der Waals surface area contributed by atoms with Crippen molar-refractivity contribution >= 4 is 0 Å². The van der Waals surface area contributed by atoms with Gasteiger partial charge in [-0.3, -0.25) is 0 Å². The van der Waals surface area contributed by atoms with Gasteiger partial charge in [-0.2, -0.15) is 0 Å². The van der Waals surface area contributed by atoms with Crippen LogP contribution in [-0.2, 0) is 4.74 Å². The van der Waals surface area contributed by atoms with Crippen LogP contribution in [0.3, 0.4) is 0 Å². The maximum absolute atomic E-state index is 5.30. The first-order valence-electron chi connectivity index (χ1n) is 7.36. The number of nitrogens with zero attached hydrogens (tertiary/aromatic N) is 1. The predicted octanol–water partition coefficient (Wildman–Crippen LogP) is 2.61. The molecule has 0 fully saturated rings. The van der Waals surface area contributed by atoms with Gasteiger partial charge in [0.15, 0.2) is 0 Å². The first-order chi connectivity index (χ1) is 8.47. The number of hydrogen-bond donors (Lipinski definition) is 1. The Morgan fingerprint density at radius 1 is 1.11 bits per heavy atom. The summed E-state index contributed by atoms with van der Waals surface area (Å²) in [5, 5.41) is 3.68. The average Bonchev–Trinajstić information content (AvgIpc) is 2.32. The fourth-order valence-electron chi connectivity index (χ4n) is 2.54. The smallest absolute Gasteiger partial charge is 0.0618 e. The van der Waals surface area contributed by atoms with Crippen LogP contribution < -0.4 is 5.32 Å². The monoisotopic (exact) mass is 258 g/mol. The van der Waals surface area contributed by atoms with E-state index in [2.05, 4.69) is 52.0 Å². The molecule has 0 aliphatic rings. The maximum atomic E-state index is 5.30. The van der Waals surface area contributed by atoms with Crippen molar-refractivity contribution < 1.29 is 4.74 Å². The van der Waals surface area contributed by atoms with Crippen molar-refractivity contribution in [2.75, 3.05) is 34.4 Å². The molecule has 0 bridgehead atoms. The van der Waals surface area contributed by atoms with Crippen molar-refractivity contribution in [2.45, 2.75) is 52.6 Å². The van der Waals surface area contributed by atoms with Gasteiger partial charge >= 0.3 is 0 Å². The summed E-state index contributed by atoms with van der Waals surface area (Å²) in [7, 11) is 6.15. The second-order valence-electron chi connectivity index (χ2n) is 5.82. The number of nitrogens with one attached hydrogen (secondary N) is 1. The molecule has 0 aliphatic carbocycles. The molecule has 0 rings (SSSR count). The highest BCUT2D eigenvalue weighted by molar-refractivity contribution is 4.80. The third kappa shape index (κ3) is 6.17. The summed E-state index contributed by atoms with van der Waals surface area (Å²) in [6, 6.07) is 1.06. The van der Waals surface area contributed by atoms with Crippen LogP contribution in [0.1, 0.15) is 40.5 Å². The van der Waals surface area contributed by atoms with Gasteiger partial charge in [0.2, 0.25) is 0 Å². The third-order valence-electron chi connectivity index (χ3n) is 4.00. The fourth-order valence-corrected chi connectivity index (χ4v) is 2.54. The van der Waals surface area contributed by atoms with Crippen LogP contribution in [0.15, 0.2) is 0 Å². The molecule has 0 aromatic rings. The summed E-state index contributed by atoms with van der Waals surface area (Å²) in [5.41, 5.74) is 0. The first kappa shape index (κ1) is 17.9. The second kappa shape index (κ2) is 9.76. The van der Waals surface area contributed by atoms with E-state index in [1.165, 1.54) is 12.8 Å². The van der Waals surface area contributed by atoms with Crippen LogP contribution in [-0.4, -0.2) is 51.3 Å². The second-order valence-corrected chi connectivity index (χ2v) is 5.82. The third-order valence-corrected chi connectivity index (χ3v) is 4.00. The quantitative estimate of drug-likeness (QED) is 0.652. The molecule has 0 aliphatic heterocycles. The largest absolute Gasteiger partial charge is 0.383 e. The molecule has 110 valence electrons. The zero-order chi connectivity index (χ0) is 14.1. The molecular weight excluding hydrogens is 224 g/mol. The van der Waals surface area contributed by atoms with E-state index in [0.29, 0.717) is 18.0 Å². The molecule has 2 unspecified atom stereocenters. The van der Waals surface area contributed by atoms with Crippen LogP contribution >= 0.6 is 0 Å². The van der Waals surface area contributed by atoms with E-state index < -0.39 is 0 Å². The number of likely N-dealkylation sites (N-methyl/N-ethyl adjacent to an activating group) is 1. The lowest BCUT2D eigenvalue weighted by molar-refractivity contribution is 0.131. The van der Waals surface area contributed by atoms with Gasteiger partial charge in [0.1, 0.15) is 0 Å². The van der Waals surface area contributed by atoms with Gasteiger partial charge < -0.3 is 15.0 Å². The van der Waals surface area contributed by atoms with Gasteiger partial charge in [-0.1, -0.05) is 40.5 Å². The summed E-state index contributed by atoms with van der Waals surface area (Å²) < 4.78 is 5.30. The molecule has 0 spiro atoms. The first-order valence-corrected chi connectivity index (χ1v) is 7.36. The van der Waals surface area contributed by atoms with Crippen LogP contribution in [0.4, 0.5) is 0 Å². The molecule has 0 aromatic carbocycles. The van der Waals surface area contributed by atoms with Crippen LogP contribution in [0.5, 0.6) is 0 Å². The van der Waals surface area contributed by atoms with Crippen LogP contribution in [0.2, 0.25) is 0 Å². The van der Waals surface area contributed by atoms with Crippen molar-refractivity contribution in [1.82, 2.24) is 10.2 Å². The molecule has 2 atom stereocenters. The molecule has 0 saturated heterocycles. The minimum Gasteiger partial charge on any atom is -0.383 e. The van der Waals surface area contributed by atoms with Crippen molar-refractivity contribution in [3.8, 4) is 0 Å². The Bertz CT molecular complexity index is 191. The Kier molecular flexibility index (Phi) is 9.70. The van der Waals surface area contributed by atoms with Crippen molar-refractivity contribution in [3.05, 3.63) is 0 Å². The highest BCUT2D eigenvalue weighted by Gasteiger charge is 2.22. The number of methoxy groups -OCH3 is 1. The van der Waals surface area contributed by atoms with E-state index in [1.54, 1.807) is 7.11 Å². The van der Waals surface area contributed by atoms with Gasteiger partial charge in [0.05, 0.1) is 6.61 Å². The molecule has 0 amide bonds. The summed E-state index contributed by atoms with van der Waals surface area (Å²) in [4.78, 5) is 2.36. The Balaban J connectivity index is 4.40. The Morgan fingerprint density at radius 2 is 1.67 bits per heavy atom. The molecule has 18 heavy (non-hydrogen) atoms. The van der Waals surface area contributed by atoms with E-state index in [0.717, 1.165) is 19.1 Å². The molecule has 0 aromatic heterocycles. The molecule has 0 radical (unpaired) electrons. The highest BCUT2D eigenvalue weighted by Crippen LogP contribution is 2.17. The molecule has 3 nitrogen and oxygen atoms in total. The lowest BCUT2D eigenvalue weighted by atomic mass is 9.92. The average molecular weight is 258 g/mol. The molecular formula is C15H34N2O. The normalized spacial score (nSPS) is 15.7. The van der Waals surface area contributed by atoms with E-state index in [4.69, 9.17) is 4.74 Å². The van der Waals surface area contributed by atoms with E-state index in [-0.39, 0.29) is 0 Å². The summed E-state index contributed by atoms with van der Waals surface area (Å²) >= 11 is 0. The van der Waals surface area contributed by atoms with Gasteiger partial charge in [-0.25, -0.2) is 0 Å². The Hall–Kier alpha value is -0.120. The maximum Gasteiger partial charge on any atom is 0.0618 e. The summed E-state index contributed by atoms with van der Waals surface area (Å²) in [5.74, 6) is 1.37. The predicted molar refractivity (Wildman–Crippen MR) is 80.1 cm³/mol. The lowest BCUT2D eigenvalue weighted by Gasteiger charge is -2.33. The van der Waals surface area contributed by atoms with Gasteiger partial charge in [0, 0.05) is 25.7 Å². The summed E-state index contributed by atoms with van der Waals surface area (Å²) in [6.45, 7) is 10.9. The highest BCUT2D eigenvalue weighted by atomic mass is 16.5. The number of hydrogen-bond acceptors (Lipinski definition) is 3. The number of rotatable bonds is 10. The molecule has 1 N–H and O–H groups in total. The summed E-state index contributed by atoms with van der Waals surface area (Å²) in [6.07, 6.45) is 2.50. The lowest BCUT2D eigenvalue weighted by Crippen LogP contribution is -2.48. The van der Waals surface area contributed by atoms with E-state index >= 15 is 0 Å². The van der Waals surface area contributed by atoms with Gasteiger partial charge in [-0.15, -0.1) is 0 Å². The minimum atomic E-state index is 0.451. The van der Waals surface area contributed by atoms with Crippen molar-refractivity contribution in [3.63, 3.8) is 0 Å².